The van der Waals surface area contributed by atoms with Crippen molar-refractivity contribution in [3.63, 3.8) is 0 Å². The molecule has 0 saturated carbocycles. The van der Waals surface area contributed by atoms with E-state index in [1.165, 1.54) is 24.9 Å². The van der Waals surface area contributed by atoms with E-state index in [-0.39, 0.29) is 11.7 Å². The second-order valence-electron chi connectivity index (χ2n) is 6.79. The Labute approximate surface area is 164 Å². The average molecular weight is 374 g/mol. The van der Waals surface area contributed by atoms with Crippen LogP contribution < -0.4 is 10.6 Å². The molecule has 0 saturated heterocycles. The Morgan fingerprint density at radius 3 is 2.18 bits per heavy atom. The van der Waals surface area contributed by atoms with E-state index >= 15 is 0 Å². The first-order valence-corrected chi connectivity index (χ1v) is 9.04. The topological polar surface area (TPSA) is 84.0 Å². The third kappa shape index (κ3) is 4.79. The van der Waals surface area contributed by atoms with Gasteiger partial charge in [0.05, 0.1) is 5.56 Å². The van der Waals surface area contributed by atoms with Crippen molar-refractivity contribution < 1.29 is 9.59 Å². The van der Waals surface area contributed by atoms with E-state index in [1.54, 1.807) is 24.3 Å². The number of aromatic nitrogens is 2. The van der Waals surface area contributed by atoms with E-state index in [9.17, 15) is 9.59 Å². The van der Waals surface area contributed by atoms with Crippen LogP contribution in [0.25, 0.3) is 0 Å². The number of ketones is 1. The van der Waals surface area contributed by atoms with E-state index in [4.69, 9.17) is 0 Å². The zero-order chi connectivity index (χ0) is 20.1. The number of hydrogen-bond donors (Lipinski definition) is 2. The fourth-order valence-corrected chi connectivity index (χ4v) is 2.61. The Hall–Kier alpha value is -3.54. The maximum atomic E-state index is 12.4. The standard InChI is InChI=1S/C22H22N4O2/c1-14(2)16-7-9-19(10-8-16)26-22-23-12-18(13-24-22)21(28)25-20-6-4-5-17(11-20)15(3)27/h4-14H,1-3H3,(H,25,28)(H,23,24,26). The Morgan fingerprint density at radius 1 is 0.893 bits per heavy atom. The SMILES string of the molecule is CC(=O)c1cccc(NC(=O)c2cnc(Nc3ccc(C(C)C)cc3)nc2)c1. The lowest BCUT2D eigenvalue weighted by molar-refractivity contribution is 0.101. The van der Waals surface area contributed by atoms with Gasteiger partial charge in [0.15, 0.2) is 5.78 Å². The van der Waals surface area contributed by atoms with E-state index in [1.807, 2.05) is 12.1 Å². The normalized spacial score (nSPS) is 10.6. The number of carbonyl (C=O) groups excluding carboxylic acids is 2. The van der Waals surface area contributed by atoms with Crippen LogP contribution in [0.15, 0.2) is 60.9 Å². The molecule has 1 aromatic heterocycles. The highest BCUT2D eigenvalue weighted by Crippen LogP contribution is 2.19. The van der Waals surface area contributed by atoms with E-state index in [2.05, 4.69) is 46.6 Å². The lowest BCUT2D eigenvalue weighted by atomic mass is 10.0. The molecule has 0 aliphatic carbocycles. The summed E-state index contributed by atoms with van der Waals surface area (Å²) in [4.78, 5) is 32.2. The molecule has 0 spiro atoms. The molecule has 3 rings (SSSR count). The quantitative estimate of drug-likeness (QED) is 0.606. The highest BCUT2D eigenvalue weighted by Gasteiger charge is 2.09. The minimum Gasteiger partial charge on any atom is -0.324 e. The number of hydrogen-bond acceptors (Lipinski definition) is 5. The first-order chi connectivity index (χ1) is 13.4. The minimum absolute atomic E-state index is 0.0590. The molecule has 6 heteroatoms. The highest BCUT2D eigenvalue weighted by molar-refractivity contribution is 6.04. The summed E-state index contributed by atoms with van der Waals surface area (Å²) in [6.07, 6.45) is 2.92. The molecule has 1 amide bonds. The zero-order valence-electron chi connectivity index (χ0n) is 16.1. The van der Waals surface area contributed by atoms with Gasteiger partial charge >= 0.3 is 0 Å². The van der Waals surface area contributed by atoms with Gasteiger partial charge in [-0.15, -0.1) is 0 Å². The minimum atomic E-state index is -0.339. The van der Waals surface area contributed by atoms with Crippen molar-refractivity contribution in [3.8, 4) is 0 Å². The predicted octanol–water partition coefficient (Wildman–Crippen LogP) is 4.80. The van der Waals surface area contributed by atoms with Crippen LogP contribution in [0.3, 0.4) is 0 Å². The van der Waals surface area contributed by atoms with Gasteiger partial charge in [0, 0.05) is 29.3 Å². The van der Waals surface area contributed by atoms with Crippen molar-refractivity contribution in [2.75, 3.05) is 10.6 Å². The number of benzene rings is 2. The van der Waals surface area contributed by atoms with Gasteiger partial charge in [0.2, 0.25) is 5.95 Å². The molecule has 0 aliphatic rings. The van der Waals surface area contributed by atoms with E-state index < -0.39 is 0 Å². The van der Waals surface area contributed by atoms with E-state index in [0.29, 0.717) is 28.7 Å². The molecule has 3 aromatic rings. The third-order valence-electron chi connectivity index (χ3n) is 4.27. The maximum Gasteiger partial charge on any atom is 0.258 e. The maximum absolute atomic E-state index is 12.4. The lowest BCUT2D eigenvalue weighted by Gasteiger charge is -2.09. The zero-order valence-corrected chi connectivity index (χ0v) is 16.1. The summed E-state index contributed by atoms with van der Waals surface area (Å²) in [6.45, 7) is 5.77. The van der Waals surface area contributed by atoms with Crippen molar-refractivity contribution in [3.05, 3.63) is 77.6 Å². The smallest absolute Gasteiger partial charge is 0.258 e. The highest BCUT2D eigenvalue weighted by atomic mass is 16.1. The molecule has 0 aliphatic heterocycles. The molecule has 0 fully saturated rings. The molecule has 0 bridgehead atoms. The fraction of sp³-hybridized carbons (Fsp3) is 0.182. The Balaban J connectivity index is 1.65. The Morgan fingerprint density at radius 2 is 1.57 bits per heavy atom. The number of nitrogens with one attached hydrogen (secondary N) is 2. The van der Waals surface area contributed by atoms with Crippen LogP contribution in [0.2, 0.25) is 0 Å². The van der Waals surface area contributed by atoms with Gasteiger partial charge in [-0.05, 0) is 42.7 Å². The number of amides is 1. The van der Waals surface area contributed by atoms with Crippen molar-refractivity contribution in [2.24, 2.45) is 0 Å². The van der Waals surface area contributed by atoms with Gasteiger partial charge in [-0.2, -0.15) is 0 Å². The molecule has 142 valence electrons. The van der Waals surface area contributed by atoms with Crippen LogP contribution in [0.4, 0.5) is 17.3 Å². The van der Waals surface area contributed by atoms with Gasteiger partial charge in [0.25, 0.3) is 5.91 Å². The van der Waals surface area contributed by atoms with Gasteiger partial charge in [-0.25, -0.2) is 9.97 Å². The van der Waals surface area contributed by atoms with Gasteiger partial charge < -0.3 is 10.6 Å². The summed E-state index contributed by atoms with van der Waals surface area (Å²) < 4.78 is 0. The monoisotopic (exact) mass is 374 g/mol. The average Bonchev–Trinajstić information content (AvgIpc) is 2.69. The first kappa shape index (κ1) is 19.2. The van der Waals surface area contributed by atoms with Crippen LogP contribution in [0.5, 0.6) is 0 Å². The molecule has 0 unspecified atom stereocenters. The van der Waals surface area contributed by atoms with Crippen LogP contribution in [-0.4, -0.2) is 21.7 Å². The summed E-state index contributed by atoms with van der Waals surface area (Å²) in [5, 5.41) is 5.86. The van der Waals surface area contributed by atoms with Crippen molar-refractivity contribution in [1.29, 1.82) is 0 Å². The molecule has 0 radical (unpaired) electrons. The number of anilines is 3. The second-order valence-corrected chi connectivity index (χ2v) is 6.79. The number of nitrogens with zero attached hydrogens (tertiary/aromatic N) is 2. The Kier molecular flexibility index (Phi) is 5.79. The van der Waals surface area contributed by atoms with E-state index in [0.717, 1.165) is 5.69 Å². The van der Waals surface area contributed by atoms with Crippen molar-refractivity contribution in [1.82, 2.24) is 9.97 Å². The lowest BCUT2D eigenvalue weighted by Crippen LogP contribution is -2.13. The molecule has 1 heterocycles. The predicted molar refractivity (Wildman–Crippen MR) is 110 cm³/mol. The largest absolute Gasteiger partial charge is 0.324 e. The second kappa shape index (κ2) is 8.43. The van der Waals surface area contributed by atoms with Gasteiger partial charge in [0.1, 0.15) is 0 Å². The summed E-state index contributed by atoms with van der Waals surface area (Å²) >= 11 is 0. The third-order valence-corrected chi connectivity index (χ3v) is 4.27. The Bertz CT molecular complexity index is 980. The summed E-state index contributed by atoms with van der Waals surface area (Å²) in [7, 11) is 0. The number of carbonyl (C=O) groups is 2. The van der Waals surface area contributed by atoms with Crippen molar-refractivity contribution >= 4 is 29.0 Å². The van der Waals surface area contributed by atoms with Crippen LogP contribution >= 0.6 is 0 Å². The molecule has 28 heavy (non-hydrogen) atoms. The molecule has 2 aromatic carbocycles. The molecular formula is C22H22N4O2. The number of rotatable bonds is 6. The van der Waals surface area contributed by atoms with Crippen molar-refractivity contribution in [2.45, 2.75) is 26.7 Å². The summed E-state index contributed by atoms with van der Waals surface area (Å²) in [6, 6.07) is 14.9. The van der Waals surface area contributed by atoms with Crippen LogP contribution in [0, 0.1) is 0 Å². The molecular weight excluding hydrogens is 352 g/mol. The molecule has 6 nitrogen and oxygen atoms in total. The van der Waals surface area contributed by atoms with Gasteiger partial charge in [-0.3, -0.25) is 9.59 Å². The summed E-state index contributed by atoms with van der Waals surface area (Å²) in [5.41, 5.74) is 3.55. The summed E-state index contributed by atoms with van der Waals surface area (Å²) in [5.74, 6) is 0.483. The van der Waals surface area contributed by atoms with Gasteiger partial charge in [-0.1, -0.05) is 38.1 Å². The molecule has 0 atom stereocenters. The molecule has 2 N–H and O–H groups in total. The first-order valence-electron chi connectivity index (χ1n) is 9.04. The van der Waals surface area contributed by atoms with Crippen LogP contribution in [0.1, 0.15) is 53.0 Å². The van der Waals surface area contributed by atoms with Crippen LogP contribution in [-0.2, 0) is 0 Å². The number of Topliss-reactive ketones (excluding diaryl/α,β-unsaturated/α-hetero) is 1. The fourth-order valence-electron chi connectivity index (χ4n) is 2.61.